The van der Waals surface area contributed by atoms with Gasteiger partial charge < -0.3 is 0 Å². The van der Waals surface area contributed by atoms with Crippen LogP contribution in [0.25, 0.3) is 0 Å². The third-order valence-electron chi connectivity index (χ3n) is 0. The van der Waals surface area contributed by atoms with Gasteiger partial charge in [0.2, 0.25) is 0 Å². The lowest BCUT2D eigenvalue weighted by molar-refractivity contribution is 0.130. The van der Waals surface area contributed by atoms with Crippen LogP contribution >= 0.6 is 0 Å². The smallest absolute Gasteiger partial charge is 0.264 e. The van der Waals surface area contributed by atoms with E-state index in [0.29, 0.717) is 0 Å². The number of hydrogen-bond acceptors (Lipinski definition) is 7. The van der Waals surface area contributed by atoms with Crippen molar-refractivity contribution in [2.75, 3.05) is 0 Å². The molecule has 18 heteroatoms. The summed E-state index contributed by atoms with van der Waals surface area (Å²) in [5.41, 5.74) is 0. The first kappa shape index (κ1) is 26.0. The lowest BCUT2D eigenvalue weighted by Gasteiger charge is -1.68. The zero-order valence-corrected chi connectivity index (χ0v) is 10.2. The van der Waals surface area contributed by atoms with Gasteiger partial charge in [0.05, 0.1) is 0 Å². The Morgan fingerprint density at radius 3 is 0.778 bits per heavy atom. The minimum atomic E-state index is -4.67. The first-order valence-corrected chi connectivity index (χ1v) is 6.81. The second-order valence-corrected chi connectivity index (χ2v) is 4.27. The van der Waals surface area contributed by atoms with Crippen LogP contribution in [0.5, 0.6) is 0 Å². The van der Waals surface area contributed by atoms with Crippen molar-refractivity contribution in [2.24, 2.45) is 10.3 Å². The molecule has 0 unspecified atom stereocenters. The van der Waals surface area contributed by atoms with E-state index >= 15 is 0 Å². The molecular weight excluding hydrogens is 342 g/mol. The molecule has 116 valence electrons. The maximum atomic E-state index is 10.4. The molecule has 0 atom stereocenters. The van der Waals surface area contributed by atoms with E-state index in [9.17, 15) is 16.7 Å². The highest BCUT2D eigenvalue weighted by molar-refractivity contribution is 7.84. The summed E-state index contributed by atoms with van der Waals surface area (Å²) in [5.74, 6) is -0.250. The molecule has 7 N–H and O–H groups in total. The van der Waals surface area contributed by atoms with E-state index in [1.807, 2.05) is 0 Å². The molecule has 0 saturated carbocycles. The highest BCUT2D eigenvalue weighted by Crippen LogP contribution is 1.68. The second-order valence-electron chi connectivity index (χ2n) is 1.47. The molecule has 0 radical (unpaired) electrons. The van der Waals surface area contributed by atoms with Crippen molar-refractivity contribution in [3.05, 3.63) is 0 Å². The highest BCUT2D eigenvalue weighted by Gasteiger charge is 1.87. The fourth-order valence-electron chi connectivity index (χ4n) is 0. The van der Waals surface area contributed by atoms with Gasteiger partial charge in [0.25, 0.3) is 0 Å². The van der Waals surface area contributed by atoms with Crippen LogP contribution in [0.2, 0.25) is 0 Å². The van der Waals surface area contributed by atoms with Crippen LogP contribution in [0.3, 0.4) is 0 Å². The molecule has 0 saturated heterocycles. The molecule has 0 amide bonds. The summed E-state index contributed by atoms with van der Waals surface area (Å²) in [6.07, 6.45) is 0. The molecular formula is H7F4N3O8S3. The van der Waals surface area contributed by atoms with E-state index in [-0.39, 0.29) is 5.76 Å². The van der Waals surface area contributed by atoms with Crippen molar-refractivity contribution >= 4 is 31.2 Å². The Morgan fingerprint density at radius 2 is 0.778 bits per heavy atom. The van der Waals surface area contributed by atoms with Crippen molar-refractivity contribution in [1.82, 2.24) is 5.76 Å². The molecule has 0 aromatic rings. The average Bonchev–Trinajstić information content (AvgIpc) is 1.71. The largest absolute Gasteiger partial charge is 0.394 e. The van der Waals surface area contributed by atoms with Crippen LogP contribution in [-0.2, 0) is 31.2 Å². The van der Waals surface area contributed by atoms with Crippen LogP contribution in [0.1, 0.15) is 0 Å². The van der Waals surface area contributed by atoms with Gasteiger partial charge in [0, 0.05) is 5.76 Å². The number of nitrogens with two attached hydrogens (primary N) is 2. The van der Waals surface area contributed by atoms with E-state index in [1.54, 1.807) is 0 Å². The second kappa shape index (κ2) is 11.5. The maximum Gasteiger partial charge on any atom is 0.394 e. The van der Waals surface area contributed by atoms with E-state index < -0.39 is 31.2 Å². The van der Waals surface area contributed by atoms with Gasteiger partial charge in [0.15, 0.2) is 0 Å². The van der Waals surface area contributed by atoms with Gasteiger partial charge in [-0.2, -0.15) is 25.3 Å². The van der Waals surface area contributed by atoms with E-state index in [4.69, 9.17) is 34.4 Å². The molecule has 0 aromatic carbocycles. The van der Waals surface area contributed by atoms with Crippen LogP contribution in [0.4, 0.5) is 16.7 Å². The summed E-state index contributed by atoms with van der Waals surface area (Å²) in [6.45, 7) is 0. The molecule has 0 aliphatic rings. The fraction of sp³-hybridized carbons (Fsp3) is 0. The topological polar surface area (TPSA) is 207 Å². The molecule has 0 aliphatic heterocycles. The van der Waals surface area contributed by atoms with Crippen LogP contribution < -0.4 is 16.0 Å². The molecule has 0 aromatic heterocycles. The van der Waals surface area contributed by atoms with E-state index in [1.165, 1.54) is 0 Å². The normalized spacial score (nSPS) is 10.7. The van der Waals surface area contributed by atoms with Gasteiger partial charge in [-0.25, -0.2) is 10.3 Å². The SMILES string of the molecule is FNF.NS(=O)(=O)F.NS(=O)(=O)F.O=S(=O)(O)O. The first-order valence-electron chi connectivity index (χ1n) is 2.52. The predicted molar refractivity (Wildman–Crippen MR) is 48.0 cm³/mol. The Bertz CT molecular complexity index is 368. The van der Waals surface area contributed by atoms with Gasteiger partial charge in [-0.05, 0) is 0 Å². The van der Waals surface area contributed by atoms with Crippen LogP contribution in [0, 0.1) is 0 Å². The molecule has 18 heavy (non-hydrogen) atoms. The quantitative estimate of drug-likeness (QED) is 0.142. The fourth-order valence-corrected chi connectivity index (χ4v) is 0. The molecule has 0 heterocycles. The summed E-state index contributed by atoms with van der Waals surface area (Å²) in [6, 6.07) is 0. The van der Waals surface area contributed by atoms with Crippen molar-refractivity contribution in [3.63, 3.8) is 0 Å². The number of halogens is 4. The summed E-state index contributed by atoms with van der Waals surface area (Å²) in [7, 11) is -14.0. The Kier molecular flexibility index (Phi) is 16.6. The monoisotopic (exact) mass is 349 g/mol. The molecule has 0 rings (SSSR count). The third-order valence-corrected chi connectivity index (χ3v) is 0. The number of hydrogen-bond donors (Lipinski definition) is 5. The van der Waals surface area contributed by atoms with Gasteiger partial charge in [0.1, 0.15) is 0 Å². The minimum absolute atomic E-state index is 0.250. The van der Waals surface area contributed by atoms with Crippen molar-refractivity contribution in [1.29, 1.82) is 0 Å². The Labute approximate surface area is 98.9 Å². The highest BCUT2D eigenvalue weighted by atomic mass is 32.3. The lowest BCUT2D eigenvalue weighted by Crippen LogP contribution is -2.01. The zero-order chi connectivity index (χ0) is 16.2. The molecule has 11 nitrogen and oxygen atoms in total. The standard InChI is InChI=1S/F2HN.2FH2NO2S.H2O4S/c1-3-2;3*1-5(2,3)4/h3H;2*(H2,2,3,4);(H2,1,2,3,4). The summed E-state index contributed by atoms with van der Waals surface area (Å²) in [4.78, 5) is 0. The maximum absolute atomic E-state index is 10.4. The Morgan fingerprint density at radius 1 is 0.778 bits per heavy atom. The van der Waals surface area contributed by atoms with E-state index in [0.717, 1.165) is 0 Å². The first-order chi connectivity index (χ1) is 7.41. The minimum Gasteiger partial charge on any atom is -0.264 e. The Balaban J connectivity index is -0.0000000739. The lowest BCUT2D eigenvalue weighted by atomic mass is 13.6. The van der Waals surface area contributed by atoms with Gasteiger partial charge in [-0.3, -0.25) is 9.11 Å². The van der Waals surface area contributed by atoms with Gasteiger partial charge in [-0.1, -0.05) is 7.77 Å². The van der Waals surface area contributed by atoms with E-state index in [2.05, 4.69) is 10.3 Å². The average molecular weight is 349 g/mol. The molecule has 0 bridgehead atoms. The molecule has 0 spiro atoms. The number of nitrogens with one attached hydrogen (secondary N) is 1. The predicted octanol–water partition coefficient (Wildman–Crippen LogP) is -1.99. The summed E-state index contributed by atoms with van der Waals surface area (Å²) in [5, 5.41) is 7.32. The molecule has 0 aliphatic carbocycles. The summed E-state index contributed by atoms with van der Waals surface area (Å²) >= 11 is 0. The zero-order valence-electron chi connectivity index (χ0n) is 7.74. The van der Waals surface area contributed by atoms with Crippen molar-refractivity contribution in [2.45, 2.75) is 0 Å². The van der Waals surface area contributed by atoms with Crippen molar-refractivity contribution in [3.8, 4) is 0 Å². The Hall–Kier alpha value is -0.630. The van der Waals surface area contributed by atoms with Gasteiger partial charge >= 0.3 is 31.2 Å². The third kappa shape index (κ3) is 8000. The van der Waals surface area contributed by atoms with Crippen LogP contribution in [0.15, 0.2) is 0 Å². The van der Waals surface area contributed by atoms with Gasteiger partial charge in [-0.15, -0.1) is 8.96 Å². The van der Waals surface area contributed by atoms with Crippen LogP contribution in [-0.4, -0.2) is 34.4 Å². The molecule has 0 fully saturated rings. The summed E-state index contributed by atoms with van der Waals surface area (Å²) < 4.78 is 106. The number of rotatable bonds is 0. The van der Waals surface area contributed by atoms with Crippen molar-refractivity contribution < 1.29 is 51.1 Å².